The van der Waals surface area contributed by atoms with Gasteiger partial charge in [0.15, 0.2) is 0 Å². The summed E-state index contributed by atoms with van der Waals surface area (Å²) in [6.07, 6.45) is -0.267. The van der Waals surface area contributed by atoms with Gasteiger partial charge in [0.2, 0.25) is 5.91 Å². The van der Waals surface area contributed by atoms with Gasteiger partial charge in [-0.15, -0.1) is 0 Å². The van der Waals surface area contributed by atoms with E-state index in [4.69, 9.17) is 9.84 Å². The third kappa shape index (κ3) is 4.71. The summed E-state index contributed by atoms with van der Waals surface area (Å²) in [5, 5.41) is 11.3. The summed E-state index contributed by atoms with van der Waals surface area (Å²) in [6, 6.07) is 9.50. The van der Waals surface area contributed by atoms with Crippen LogP contribution < -0.4 is 5.32 Å². The second kappa shape index (κ2) is 7.53. The molecule has 0 radical (unpaired) electrons. The number of rotatable bonds is 7. The zero-order valence-corrected chi connectivity index (χ0v) is 11.1. The predicted molar refractivity (Wildman–Crippen MR) is 70.6 cm³/mol. The lowest BCUT2D eigenvalue weighted by Crippen LogP contribution is -2.36. The van der Waals surface area contributed by atoms with Crippen molar-refractivity contribution in [1.82, 2.24) is 5.32 Å². The van der Waals surface area contributed by atoms with Gasteiger partial charge >= 0.3 is 5.97 Å². The average Bonchev–Trinajstić information content (AvgIpc) is 2.43. The van der Waals surface area contributed by atoms with Crippen LogP contribution in [-0.2, 0) is 14.3 Å². The molecule has 2 unspecified atom stereocenters. The molecule has 1 aromatic carbocycles. The van der Waals surface area contributed by atoms with E-state index in [0.29, 0.717) is 6.61 Å². The van der Waals surface area contributed by atoms with Crippen molar-refractivity contribution in [2.24, 2.45) is 5.92 Å². The van der Waals surface area contributed by atoms with Crippen LogP contribution in [0.3, 0.4) is 0 Å². The molecule has 0 bridgehead atoms. The highest BCUT2D eigenvalue weighted by atomic mass is 16.5. The Kier molecular flexibility index (Phi) is 6.02. The molecule has 0 aliphatic heterocycles. The van der Waals surface area contributed by atoms with E-state index in [1.807, 2.05) is 37.3 Å². The summed E-state index contributed by atoms with van der Waals surface area (Å²) in [5.74, 6) is -2.70. The Labute approximate surface area is 112 Å². The lowest BCUT2D eigenvalue weighted by atomic mass is 10.1. The fourth-order valence-corrected chi connectivity index (χ4v) is 1.60. The van der Waals surface area contributed by atoms with E-state index >= 15 is 0 Å². The Balaban J connectivity index is 2.60. The van der Waals surface area contributed by atoms with Gasteiger partial charge in [0.05, 0.1) is 6.10 Å². The molecule has 19 heavy (non-hydrogen) atoms. The molecule has 1 rings (SSSR count). The summed E-state index contributed by atoms with van der Waals surface area (Å²) in [5.41, 5.74) is 0.952. The van der Waals surface area contributed by atoms with Crippen LogP contribution in [0, 0.1) is 5.92 Å². The fourth-order valence-electron chi connectivity index (χ4n) is 1.60. The molecular weight excluding hydrogens is 246 g/mol. The molecule has 0 aromatic heterocycles. The van der Waals surface area contributed by atoms with Crippen molar-refractivity contribution in [2.75, 3.05) is 13.2 Å². The van der Waals surface area contributed by atoms with Gasteiger partial charge in [0.1, 0.15) is 5.92 Å². The molecule has 1 amide bonds. The fraction of sp³-hybridized carbons (Fsp3) is 0.429. The van der Waals surface area contributed by atoms with Crippen molar-refractivity contribution >= 4 is 11.9 Å². The van der Waals surface area contributed by atoms with E-state index < -0.39 is 17.8 Å². The standard InChI is InChI=1S/C14H19NO4/c1-3-19-12(11-7-5-4-6-8-11)9-15-13(16)10(2)14(17)18/h4-8,10,12H,3,9H2,1-2H3,(H,15,16)(H,17,18). The number of benzene rings is 1. The van der Waals surface area contributed by atoms with Crippen molar-refractivity contribution in [3.05, 3.63) is 35.9 Å². The highest BCUT2D eigenvalue weighted by Gasteiger charge is 2.21. The number of aliphatic carboxylic acids is 1. The molecule has 1 aromatic rings. The monoisotopic (exact) mass is 265 g/mol. The molecule has 5 nitrogen and oxygen atoms in total. The number of amides is 1. The molecule has 104 valence electrons. The second-order valence-corrected chi connectivity index (χ2v) is 4.16. The zero-order chi connectivity index (χ0) is 14.3. The molecule has 0 aliphatic rings. The minimum atomic E-state index is -1.13. The van der Waals surface area contributed by atoms with Crippen molar-refractivity contribution < 1.29 is 19.4 Å². The molecule has 2 atom stereocenters. The van der Waals surface area contributed by atoms with E-state index in [1.54, 1.807) is 0 Å². The third-order valence-corrected chi connectivity index (χ3v) is 2.76. The van der Waals surface area contributed by atoms with Gasteiger partial charge in [0, 0.05) is 13.2 Å². The summed E-state index contributed by atoms with van der Waals surface area (Å²) in [7, 11) is 0. The predicted octanol–water partition coefficient (Wildman–Crippen LogP) is 1.60. The Hall–Kier alpha value is -1.88. The van der Waals surface area contributed by atoms with E-state index in [1.165, 1.54) is 6.92 Å². The van der Waals surface area contributed by atoms with Gasteiger partial charge in [0.25, 0.3) is 0 Å². The number of carbonyl (C=O) groups is 2. The Bertz CT molecular complexity index is 419. The van der Waals surface area contributed by atoms with E-state index in [2.05, 4.69) is 5.32 Å². The third-order valence-electron chi connectivity index (χ3n) is 2.76. The van der Waals surface area contributed by atoms with E-state index in [9.17, 15) is 9.59 Å². The molecule has 0 saturated heterocycles. The van der Waals surface area contributed by atoms with Gasteiger partial charge in [-0.2, -0.15) is 0 Å². The second-order valence-electron chi connectivity index (χ2n) is 4.16. The number of carboxylic acid groups (broad SMARTS) is 1. The number of hydrogen-bond acceptors (Lipinski definition) is 3. The molecule has 0 saturated carbocycles. The number of nitrogens with one attached hydrogen (secondary N) is 1. The number of carboxylic acids is 1. The Morgan fingerprint density at radius 3 is 2.47 bits per heavy atom. The molecule has 0 aliphatic carbocycles. The van der Waals surface area contributed by atoms with Crippen LogP contribution in [0.25, 0.3) is 0 Å². The van der Waals surface area contributed by atoms with Gasteiger partial charge < -0.3 is 15.2 Å². The van der Waals surface area contributed by atoms with Crippen LogP contribution >= 0.6 is 0 Å². The number of ether oxygens (including phenoxy) is 1. The SMILES string of the molecule is CCOC(CNC(=O)C(C)C(=O)O)c1ccccc1. The van der Waals surface area contributed by atoms with E-state index in [0.717, 1.165) is 5.56 Å². The highest BCUT2D eigenvalue weighted by molar-refractivity contribution is 5.96. The Morgan fingerprint density at radius 1 is 1.32 bits per heavy atom. The summed E-state index contributed by atoms with van der Waals surface area (Å²) < 4.78 is 5.56. The molecule has 0 heterocycles. The van der Waals surface area contributed by atoms with Crippen LogP contribution in [0.5, 0.6) is 0 Å². The lowest BCUT2D eigenvalue weighted by molar-refractivity contribution is -0.146. The average molecular weight is 265 g/mol. The number of hydrogen-bond donors (Lipinski definition) is 2. The molecule has 0 fully saturated rings. The van der Waals surface area contributed by atoms with Crippen molar-refractivity contribution in [3.63, 3.8) is 0 Å². The largest absolute Gasteiger partial charge is 0.481 e. The Morgan fingerprint density at radius 2 is 1.95 bits per heavy atom. The quantitative estimate of drug-likeness (QED) is 0.734. The van der Waals surface area contributed by atoms with Crippen molar-refractivity contribution in [1.29, 1.82) is 0 Å². The van der Waals surface area contributed by atoms with Crippen molar-refractivity contribution in [2.45, 2.75) is 20.0 Å². The number of carbonyl (C=O) groups excluding carboxylic acids is 1. The van der Waals surface area contributed by atoms with Crippen LogP contribution in [0.15, 0.2) is 30.3 Å². The maximum Gasteiger partial charge on any atom is 0.315 e. The minimum Gasteiger partial charge on any atom is -0.481 e. The van der Waals surface area contributed by atoms with Gasteiger partial charge in [-0.05, 0) is 19.4 Å². The molecule has 2 N–H and O–H groups in total. The van der Waals surface area contributed by atoms with Gasteiger partial charge in [-0.1, -0.05) is 30.3 Å². The maximum absolute atomic E-state index is 11.6. The first-order chi connectivity index (χ1) is 9.06. The zero-order valence-electron chi connectivity index (χ0n) is 11.1. The van der Waals surface area contributed by atoms with Crippen molar-refractivity contribution in [3.8, 4) is 0 Å². The first kappa shape index (κ1) is 15.2. The van der Waals surface area contributed by atoms with Gasteiger partial charge in [-0.25, -0.2) is 0 Å². The van der Waals surface area contributed by atoms with Crippen LogP contribution in [0.2, 0.25) is 0 Å². The maximum atomic E-state index is 11.6. The van der Waals surface area contributed by atoms with Gasteiger partial charge in [-0.3, -0.25) is 9.59 Å². The first-order valence-electron chi connectivity index (χ1n) is 6.23. The first-order valence-corrected chi connectivity index (χ1v) is 6.23. The molecule has 0 spiro atoms. The lowest BCUT2D eigenvalue weighted by Gasteiger charge is -2.18. The molecule has 5 heteroatoms. The summed E-state index contributed by atoms with van der Waals surface area (Å²) >= 11 is 0. The molecular formula is C14H19NO4. The van der Waals surface area contributed by atoms with Crippen LogP contribution in [-0.4, -0.2) is 30.1 Å². The van der Waals surface area contributed by atoms with E-state index in [-0.39, 0.29) is 12.6 Å². The highest BCUT2D eigenvalue weighted by Crippen LogP contribution is 2.16. The van der Waals surface area contributed by atoms with Crippen LogP contribution in [0.4, 0.5) is 0 Å². The minimum absolute atomic E-state index is 0.258. The topological polar surface area (TPSA) is 75.6 Å². The normalized spacial score (nSPS) is 13.6. The smallest absolute Gasteiger partial charge is 0.315 e. The van der Waals surface area contributed by atoms with Crippen LogP contribution in [0.1, 0.15) is 25.5 Å². The summed E-state index contributed by atoms with van der Waals surface area (Å²) in [4.78, 5) is 22.3. The summed E-state index contributed by atoms with van der Waals surface area (Å²) in [6.45, 7) is 4.01.